The van der Waals surface area contributed by atoms with Crippen LogP contribution in [0.5, 0.6) is 0 Å². The smallest absolute Gasteiger partial charge is 0.316 e. The van der Waals surface area contributed by atoms with E-state index in [1.165, 1.54) is 17.8 Å². The lowest BCUT2D eigenvalue weighted by atomic mass is 10.2. The van der Waals surface area contributed by atoms with Crippen LogP contribution in [-0.2, 0) is 11.3 Å². The molecular formula is C17H18FN3O2S. The van der Waals surface area contributed by atoms with Crippen LogP contribution in [0.25, 0.3) is 0 Å². The molecule has 0 bridgehead atoms. The van der Waals surface area contributed by atoms with Gasteiger partial charge in [0.1, 0.15) is 5.82 Å². The predicted octanol–water partition coefficient (Wildman–Crippen LogP) is 3.11. The van der Waals surface area contributed by atoms with E-state index in [1.807, 2.05) is 0 Å². The molecule has 0 fully saturated rings. The van der Waals surface area contributed by atoms with Crippen LogP contribution >= 0.6 is 11.8 Å². The zero-order valence-electron chi connectivity index (χ0n) is 12.9. The third-order valence-electron chi connectivity index (χ3n) is 3.13. The second kappa shape index (κ2) is 8.93. The molecule has 7 heteroatoms. The van der Waals surface area contributed by atoms with E-state index in [9.17, 15) is 14.0 Å². The molecule has 0 aliphatic rings. The predicted molar refractivity (Wildman–Crippen MR) is 93.2 cm³/mol. The quantitative estimate of drug-likeness (QED) is 0.673. The van der Waals surface area contributed by atoms with Crippen molar-refractivity contribution in [1.29, 1.82) is 0 Å². The minimum Gasteiger partial charge on any atom is -0.352 e. The molecule has 4 N–H and O–H groups in total. The number of rotatable bonds is 7. The van der Waals surface area contributed by atoms with Gasteiger partial charge >= 0.3 is 6.03 Å². The second-order valence-electron chi connectivity index (χ2n) is 4.99. The van der Waals surface area contributed by atoms with Crippen LogP contribution in [0.4, 0.5) is 14.9 Å². The normalized spacial score (nSPS) is 10.2. The van der Waals surface area contributed by atoms with E-state index in [0.717, 1.165) is 5.56 Å². The fourth-order valence-corrected chi connectivity index (χ4v) is 2.84. The number of amides is 3. The first-order valence-electron chi connectivity index (χ1n) is 7.34. The third-order valence-corrected chi connectivity index (χ3v) is 4.18. The summed E-state index contributed by atoms with van der Waals surface area (Å²) in [6.45, 7) is 0.389. The molecule has 2 aromatic carbocycles. The Labute approximate surface area is 143 Å². The molecule has 24 heavy (non-hydrogen) atoms. The lowest BCUT2D eigenvalue weighted by molar-refractivity contribution is -0.120. The van der Waals surface area contributed by atoms with Gasteiger partial charge in [-0.2, -0.15) is 0 Å². The van der Waals surface area contributed by atoms with E-state index in [4.69, 9.17) is 5.73 Å². The Morgan fingerprint density at radius 3 is 2.46 bits per heavy atom. The number of nitrogens with two attached hydrogens (primary N) is 1. The molecule has 2 rings (SSSR count). The Balaban J connectivity index is 1.71. The zero-order valence-corrected chi connectivity index (χ0v) is 13.7. The summed E-state index contributed by atoms with van der Waals surface area (Å²) >= 11 is 1.32. The molecule has 126 valence electrons. The summed E-state index contributed by atoms with van der Waals surface area (Å²) in [5, 5.41) is 5.27. The van der Waals surface area contributed by atoms with Crippen molar-refractivity contribution in [2.45, 2.75) is 17.9 Å². The van der Waals surface area contributed by atoms with E-state index in [0.29, 0.717) is 29.3 Å². The Morgan fingerprint density at radius 2 is 1.79 bits per heavy atom. The lowest BCUT2D eigenvalue weighted by Crippen LogP contribution is -2.23. The highest BCUT2D eigenvalue weighted by molar-refractivity contribution is 7.99. The molecule has 0 aliphatic heterocycles. The molecule has 2 aromatic rings. The van der Waals surface area contributed by atoms with E-state index >= 15 is 0 Å². The largest absolute Gasteiger partial charge is 0.352 e. The highest BCUT2D eigenvalue weighted by atomic mass is 32.2. The lowest BCUT2D eigenvalue weighted by Gasteiger charge is -2.07. The maximum absolute atomic E-state index is 13.4. The molecular weight excluding hydrogens is 329 g/mol. The van der Waals surface area contributed by atoms with Crippen LogP contribution in [0.3, 0.4) is 0 Å². The van der Waals surface area contributed by atoms with Gasteiger partial charge in [-0.3, -0.25) is 4.79 Å². The van der Waals surface area contributed by atoms with Gasteiger partial charge in [0.25, 0.3) is 0 Å². The van der Waals surface area contributed by atoms with Crippen molar-refractivity contribution in [3.63, 3.8) is 0 Å². The van der Waals surface area contributed by atoms with Crippen molar-refractivity contribution in [1.82, 2.24) is 5.32 Å². The Morgan fingerprint density at radius 1 is 1.08 bits per heavy atom. The van der Waals surface area contributed by atoms with Crippen molar-refractivity contribution >= 4 is 29.4 Å². The highest BCUT2D eigenvalue weighted by Gasteiger charge is 2.05. The van der Waals surface area contributed by atoms with Crippen LogP contribution in [0.2, 0.25) is 0 Å². The van der Waals surface area contributed by atoms with E-state index in [-0.39, 0.29) is 11.7 Å². The first-order chi connectivity index (χ1) is 11.5. The molecule has 3 amide bonds. The molecule has 0 aliphatic carbocycles. The molecule has 0 atom stereocenters. The first kappa shape index (κ1) is 17.8. The minimum atomic E-state index is -0.622. The van der Waals surface area contributed by atoms with Crippen LogP contribution in [0.15, 0.2) is 53.4 Å². The number of urea groups is 1. The number of anilines is 1. The van der Waals surface area contributed by atoms with Gasteiger partial charge in [0.05, 0.1) is 0 Å². The topological polar surface area (TPSA) is 84.2 Å². The molecule has 0 aromatic heterocycles. The van der Waals surface area contributed by atoms with Crippen LogP contribution < -0.4 is 16.4 Å². The van der Waals surface area contributed by atoms with Crippen LogP contribution in [0.1, 0.15) is 12.0 Å². The number of benzene rings is 2. The molecule has 0 saturated heterocycles. The second-order valence-corrected chi connectivity index (χ2v) is 6.13. The maximum atomic E-state index is 13.4. The number of carbonyl (C=O) groups excluding carboxylic acids is 2. The average molecular weight is 347 g/mol. The molecule has 0 heterocycles. The van der Waals surface area contributed by atoms with Gasteiger partial charge < -0.3 is 16.4 Å². The molecule has 0 spiro atoms. The summed E-state index contributed by atoms with van der Waals surface area (Å²) in [4.78, 5) is 23.1. The number of nitrogens with one attached hydrogen (secondary N) is 2. The maximum Gasteiger partial charge on any atom is 0.316 e. The fourth-order valence-electron chi connectivity index (χ4n) is 1.95. The number of thioether (sulfide) groups is 1. The van der Waals surface area contributed by atoms with Gasteiger partial charge in [0.2, 0.25) is 5.91 Å². The average Bonchev–Trinajstić information content (AvgIpc) is 2.55. The first-order valence-corrected chi connectivity index (χ1v) is 8.32. The van der Waals surface area contributed by atoms with E-state index in [2.05, 4.69) is 10.6 Å². The van der Waals surface area contributed by atoms with Crippen molar-refractivity contribution < 1.29 is 14.0 Å². The number of hydrogen-bond donors (Lipinski definition) is 3. The summed E-state index contributed by atoms with van der Waals surface area (Å²) < 4.78 is 13.4. The monoisotopic (exact) mass is 347 g/mol. The number of halogens is 1. The number of carbonyl (C=O) groups is 2. The van der Waals surface area contributed by atoms with Crippen molar-refractivity contribution in [3.8, 4) is 0 Å². The Hall–Kier alpha value is -2.54. The van der Waals surface area contributed by atoms with Crippen molar-refractivity contribution in [2.24, 2.45) is 5.73 Å². The van der Waals surface area contributed by atoms with Crippen LogP contribution in [-0.4, -0.2) is 17.7 Å². The standard InChI is InChI=1S/C17H18FN3O2S/c18-14-3-1-2-4-15(14)24-10-9-16(22)20-11-12-5-7-13(8-6-12)21-17(19)23/h1-8H,9-11H2,(H,20,22)(H3,19,21,23). The molecule has 0 radical (unpaired) electrons. The van der Waals surface area contributed by atoms with Gasteiger partial charge in [0, 0.05) is 29.3 Å². The molecule has 5 nitrogen and oxygen atoms in total. The van der Waals surface area contributed by atoms with E-state index in [1.54, 1.807) is 42.5 Å². The molecule has 0 unspecified atom stereocenters. The number of hydrogen-bond acceptors (Lipinski definition) is 3. The number of primary amides is 1. The molecule has 0 saturated carbocycles. The fraction of sp³-hybridized carbons (Fsp3) is 0.176. The Bertz CT molecular complexity index is 707. The van der Waals surface area contributed by atoms with Gasteiger partial charge in [-0.1, -0.05) is 24.3 Å². The van der Waals surface area contributed by atoms with E-state index < -0.39 is 6.03 Å². The summed E-state index contributed by atoms with van der Waals surface area (Å²) in [6, 6.07) is 12.9. The van der Waals surface area contributed by atoms with Gasteiger partial charge in [-0.15, -0.1) is 11.8 Å². The summed E-state index contributed by atoms with van der Waals surface area (Å²) in [7, 11) is 0. The third kappa shape index (κ3) is 5.92. The van der Waals surface area contributed by atoms with Crippen molar-refractivity contribution in [2.75, 3.05) is 11.1 Å². The minimum absolute atomic E-state index is 0.0989. The summed E-state index contributed by atoms with van der Waals surface area (Å²) in [5.41, 5.74) is 6.53. The highest BCUT2D eigenvalue weighted by Crippen LogP contribution is 2.21. The van der Waals surface area contributed by atoms with Gasteiger partial charge in [-0.25, -0.2) is 9.18 Å². The Kier molecular flexibility index (Phi) is 6.62. The van der Waals surface area contributed by atoms with Crippen LogP contribution in [0, 0.1) is 5.82 Å². The summed E-state index contributed by atoms with van der Waals surface area (Å²) in [6.07, 6.45) is 0.306. The SMILES string of the molecule is NC(=O)Nc1ccc(CNC(=O)CCSc2ccccc2F)cc1. The van der Waals surface area contributed by atoms with Crippen molar-refractivity contribution in [3.05, 3.63) is 59.9 Å². The van der Waals surface area contributed by atoms with Gasteiger partial charge in [-0.05, 0) is 29.8 Å². The summed E-state index contributed by atoms with van der Waals surface area (Å²) in [5.74, 6) is 0.138. The zero-order chi connectivity index (χ0) is 17.4. The van der Waals surface area contributed by atoms with Gasteiger partial charge in [0.15, 0.2) is 0 Å².